The van der Waals surface area contributed by atoms with E-state index in [1.807, 2.05) is 0 Å². The highest BCUT2D eigenvalue weighted by atomic mass is 28.4. The number of rotatable bonds is 13. The van der Waals surface area contributed by atoms with E-state index >= 15 is 0 Å². The van der Waals surface area contributed by atoms with Crippen molar-refractivity contribution in [2.75, 3.05) is 65.1 Å². The first-order chi connectivity index (χ1) is 11.5. The zero-order valence-corrected chi connectivity index (χ0v) is 18.1. The summed E-state index contributed by atoms with van der Waals surface area (Å²) in [7, 11) is -1.48. The average Bonchev–Trinajstić information content (AvgIpc) is 2.55. The van der Waals surface area contributed by atoms with Gasteiger partial charge in [0.1, 0.15) is 0 Å². The van der Waals surface area contributed by atoms with Gasteiger partial charge in [-0.25, -0.2) is 0 Å². The summed E-state index contributed by atoms with van der Waals surface area (Å²) in [6.07, 6.45) is 6.48. The van der Waals surface area contributed by atoms with Gasteiger partial charge in [-0.2, -0.15) is 0 Å². The summed E-state index contributed by atoms with van der Waals surface area (Å²) in [6, 6.07) is 0. The van der Waals surface area contributed by atoms with Crippen LogP contribution in [0.2, 0.25) is 13.1 Å². The number of hydrogen-bond acceptors (Lipinski definition) is 4. The molecule has 1 aliphatic heterocycles. The molecule has 1 heterocycles. The molecule has 0 atom stereocenters. The third-order valence-corrected chi connectivity index (χ3v) is 7.27. The minimum absolute atomic E-state index is 0.866. The van der Waals surface area contributed by atoms with E-state index in [9.17, 15) is 0 Å². The first-order valence-electron chi connectivity index (χ1n) is 10.3. The fraction of sp³-hybridized carbons (Fsp3) is 1.00. The van der Waals surface area contributed by atoms with Crippen LogP contribution in [0.1, 0.15) is 46.5 Å². The van der Waals surface area contributed by atoms with Crippen LogP contribution < -0.4 is 0 Å². The molecule has 144 valence electrons. The Kier molecular flexibility index (Phi) is 11.4. The molecule has 1 aliphatic rings. The van der Waals surface area contributed by atoms with Crippen molar-refractivity contribution < 1.29 is 4.43 Å². The third-order valence-electron chi connectivity index (χ3n) is 4.99. The lowest BCUT2D eigenvalue weighted by atomic mass is 10.2. The SMILES string of the molecule is CCCCN(CCCC)CCN1CCN(C[Si](C)(C)OCC)CC1. The van der Waals surface area contributed by atoms with Crippen LogP contribution in [-0.4, -0.2) is 88.2 Å². The van der Waals surface area contributed by atoms with Crippen molar-refractivity contribution in [3.8, 4) is 0 Å². The average molecular weight is 358 g/mol. The van der Waals surface area contributed by atoms with Crippen molar-refractivity contribution in [2.45, 2.75) is 59.5 Å². The number of unbranched alkanes of at least 4 members (excludes halogenated alkanes) is 2. The molecule has 1 fully saturated rings. The summed E-state index contributed by atoms with van der Waals surface area (Å²) in [5, 5.41) is 0. The summed E-state index contributed by atoms with van der Waals surface area (Å²) in [5.41, 5.74) is 0. The van der Waals surface area contributed by atoms with Crippen molar-refractivity contribution in [3.63, 3.8) is 0 Å². The fourth-order valence-electron chi connectivity index (χ4n) is 3.53. The first kappa shape index (κ1) is 22.1. The molecule has 0 saturated carbocycles. The van der Waals surface area contributed by atoms with Crippen LogP contribution in [-0.2, 0) is 4.43 Å². The molecule has 0 unspecified atom stereocenters. The maximum Gasteiger partial charge on any atom is 0.200 e. The van der Waals surface area contributed by atoms with Crippen LogP contribution >= 0.6 is 0 Å². The van der Waals surface area contributed by atoms with Crippen molar-refractivity contribution in [3.05, 3.63) is 0 Å². The maximum atomic E-state index is 5.99. The molecule has 1 rings (SSSR count). The predicted octanol–water partition coefficient (Wildman–Crippen LogP) is 3.29. The number of hydrogen-bond donors (Lipinski definition) is 0. The fourth-order valence-corrected chi connectivity index (χ4v) is 5.79. The lowest BCUT2D eigenvalue weighted by molar-refractivity contribution is 0.124. The minimum atomic E-state index is -1.48. The van der Waals surface area contributed by atoms with Crippen molar-refractivity contribution in [2.24, 2.45) is 0 Å². The standard InChI is InChI=1S/C19H43N3OSi/c1-6-9-11-20(12-10-7-2)13-14-21-15-17-22(18-16-21)19-24(4,5)23-8-3/h6-19H2,1-5H3. The van der Waals surface area contributed by atoms with Gasteiger partial charge in [-0.3, -0.25) is 4.90 Å². The number of nitrogens with zero attached hydrogens (tertiary/aromatic N) is 3. The molecule has 0 radical (unpaired) electrons. The topological polar surface area (TPSA) is 19.0 Å². The second-order valence-corrected chi connectivity index (χ2v) is 12.0. The van der Waals surface area contributed by atoms with E-state index in [0.717, 1.165) is 6.61 Å². The van der Waals surface area contributed by atoms with E-state index in [0.29, 0.717) is 0 Å². The van der Waals surface area contributed by atoms with Gasteiger partial charge in [-0.1, -0.05) is 26.7 Å². The highest BCUT2D eigenvalue weighted by Crippen LogP contribution is 2.10. The Morgan fingerprint density at radius 3 is 1.88 bits per heavy atom. The molecule has 4 nitrogen and oxygen atoms in total. The lowest BCUT2D eigenvalue weighted by Gasteiger charge is -2.38. The molecule has 0 aromatic heterocycles. The zero-order valence-electron chi connectivity index (χ0n) is 17.1. The van der Waals surface area contributed by atoms with Crippen LogP contribution in [0, 0.1) is 0 Å². The summed E-state index contributed by atoms with van der Waals surface area (Å²) in [5.74, 6) is 0. The minimum Gasteiger partial charge on any atom is -0.416 e. The molecule has 5 heteroatoms. The monoisotopic (exact) mass is 357 g/mol. The zero-order chi connectivity index (χ0) is 17.8. The second kappa shape index (κ2) is 12.4. The van der Waals surface area contributed by atoms with E-state index < -0.39 is 8.32 Å². The van der Waals surface area contributed by atoms with E-state index in [4.69, 9.17) is 4.43 Å². The lowest BCUT2D eigenvalue weighted by Crippen LogP contribution is -2.53. The molecular weight excluding hydrogens is 314 g/mol. The molecule has 0 spiro atoms. The van der Waals surface area contributed by atoms with Gasteiger partial charge >= 0.3 is 0 Å². The highest BCUT2D eigenvalue weighted by Gasteiger charge is 2.27. The van der Waals surface area contributed by atoms with Gasteiger partial charge in [0.05, 0.1) is 0 Å². The van der Waals surface area contributed by atoms with Gasteiger partial charge in [-0.15, -0.1) is 0 Å². The number of piperazine rings is 1. The quantitative estimate of drug-likeness (QED) is 0.471. The highest BCUT2D eigenvalue weighted by molar-refractivity contribution is 6.71. The molecule has 1 saturated heterocycles. The Bertz CT molecular complexity index is 299. The van der Waals surface area contributed by atoms with Gasteiger partial charge in [-0.05, 0) is 45.9 Å². The third kappa shape index (κ3) is 9.52. The molecule has 0 aliphatic carbocycles. The van der Waals surface area contributed by atoms with Crippen LogP contribution in [0.15, 0.2) is 0 Å². The van der Waals surface area contributed by atoms with Gasteiger partial charge in [0.25, 0.3) is 0 Å². The summed E-state index contributed by atoms with van der Waals surface area (Å²) in [4.78, 5) is 7.98. The second-order valence-electron chi connectivity index (χ2n) is 7.86. The van der Waals surface area contributed by atoms with E-state index in [1.165, 1.54) is 84.2 Å². The van der Waals surface area contributed by atoms with Gasteiger partial charge < -0.3 is 14.2 Å². The Balaban J connectivity index is 2.26. The van der Waals surface area contributed by atoms with Gasteiger partial charge in [0.2, 0.25) is 0 Å². The predicted molar refractivity (Wildman–Crippen MR) is 108 cm³/mol. The normalized spacial score (nSPS) is 17.8. The van der Waals surface area contributed by atoms with Crippen LogP contribution in [0.25, 0.3) is 0 Å². The Morgan fingerprint density at radius 2 is 1.38 bits per heavy atom. The maximum absolute atomic E-state index is 5.99. The van der Waals surface area contributed by atoms with E-state index in [2.05, 4.69) is 48.6 Å². The van der Waals surface area contributed by atoms with E-state index in [-0.39, 0.29) is 0 Å². The summed E-state index contributed by atoms with van der Waals surface area (Å²) < 4.78 is 5.99. The molecule has 0 aromatic rings. The van der Waals surface area contributed by atoms with Crippen LogP contribution in [0.4, 0.5) is 0 Å². The molecular formula is C19H43N3OSi. The van der Waals surface area contributed by atoms with Crippen molar-refractivity contribution in [1.82, 2.24) is 14.7 Å². The Hall–Kier alpha value is 0.0569. The summed E-state index contributed by atoms with van der Waals surface area (Å²) in [6.45, 7) is 22.2. The van der Waals surface area contributed by atoms with Crippen molar-refractivity contribution in [1.29, 1.82) is 0 Å². The smallest absolute Gasteiger partial charge is 0.200 e. The molecule has 0 amide bonds. The van der Waals surface area contributed by atoms with Crippen LogP contribution in [0.3, 0.4) is 0 Å². The Morgan fingerprint density at radius 1 is 0.833 bits per heavy atom. The largest absolute Gasteiger partial charge is 0.416 e. The molecule has 0 N–H and O–H groups in total. The van der Waals surface area contributed by atoms with Crippen LogP contribution in [0.5, 0.6) is 0 Å². The van der Waals surface area contributed by atoms with Gasteiger partial charge in [0.15, 0.2) is 8.32 Å². The summed E-state index contributed by atoms with van der Waals surface area (Å²) >= 11 is 0. The molecule has 0 aromatic carbocycles. The Labute approximate surface area is 152 Å². The first-order valence-corrected chi connectivity index (χ1v) is 13.4. The molecule has 0 bridgehead atoms. The van der Waals surface area contributed by atoms with Gasteiger partial charge in [0, 0.05) is 52.0 Å². The van der Waals surface area contributed by atoms with E-state index in [1.54, 1.807) is 0 Å². The van der Waals surface area contributed by atoms with Crippen molar-refractivity contribution >= 4 is 8.32 Å². The molecule has 24 heavy (non-hydrogen) atoms.